The third kappa shape index (κ3) is 2.29. The van der Waals surface area contributed by atoms with Crippen LogP contribution in [0.1, 0.15) is 18.4 Å². The second-order valence-electron chi connectivity index (χ2n) is 5.78. The molecule has 0 aliphatic carbocycles. The van der Waals surface area contributed by atoms with Gasteiger partial charge < -0.3 is 10.2 Å². The highest BCUT2D eigenvalue weighted by Gasteiger charge is 2.33. The summed E-state index contributed by atoms with van der Waals surface area (Å²) in [5.74, 6) is 0.900. The Morgan fingerprint density at radius 1 is 1.32 bits per heavy atom. The fourth-order valence-corrected chi connectivity index (χ4v) is 4.20. The van der Waals surface area contributed by atoms with Gasteiger partial charge in [-0.2, -0.15) is 0 Å². The van der Waals surface area contributed by atoms with Gasteiger partial charge in [-0.15, -0.1) is 11.3 Å². The Hall–Kier alpha value is -0.970. The molecule has 1 atom stereocenters. The van der Waals surface area contributed by atoms with Gasteiger partial charge in [0.25, 0.3) is 0 Å². The number of nitrogens with zero attached hydrogens (tertiary/aromatic N) is 2. The average Bonchev–Trinajstić information content (AvgIpc) is 2.94. The topological polar surface area (TPSA) is 28.2 Å². The van der Waals surface area contributed by atoms with Gasteiger partial charge in [-0.25, -0.2) is 4.98 Å². The summed E-state index contributed by atoms with van der Waals surface area (Å²) in [5, 5.41) is 3.77. The molecule has 3 saturated heterocycles. The van der Waals surface area contributed by atoms with E-state index in [2.05, 4.69) is 33.4 Å². The van der Waals surface area contributed by atoms with Crippen molar-refractivity contribution in [3.8, 4) is 0 Å². The quantitative estimate of drug-likeness (QED) is 0.931. The summed E-state index contributed by atoms with van der Waals surface area (Å²) < 4.78 is 1.30. The van der Waals surface area contributed by atoms with Gasteiger partial charge in [0, 0.05) is 19.1 Å². The molecule has 3 fully saturated rings. The first-order valence-electron chi connectivity index (χ1n) is 7.16. The second-order valence-corrected chi connectivity index (χ2v) is 6.67. The van der Waals surface area contributed by atoms with Gasteiger partial charge in [0.05, 0.1) is 15.7 Å². The van der Waals surface area contributed by atoms with Crippen LogP contribution in [0.15, 0.2) is 23.7 Å². The molecule has 5 rings (SSSR count). The highest BCUT2D eigenvalue weighted by molar-refractivity contribution is 7.16. The van der Waals surface area contributed by atoms with Crippen LogP contribution in [-0.2, 0) is 6.54 Å². The van der Waals surface area contributed by atoms with Crippen molar-refractivity contribution in [1.82, 2.24) is 15.2 Å². The highest BCUT2D eigenvalue weighted by atomic mass is 32.1. The normalized spacial score (nSPS) is 30.0. The van der Waals surface area contributed by atoms with E-state index in [9.17, 15) is 0 Å². The summed E-state index contributed by atoms with van der Waals surface area (Å²) in [4.78, 5) is 6.93. The Kier molecular flexibility index (Phi) is 3.02. The van der Waals surface area contributed by atoms with E-state index in [1.165, 1.54) is 42.7 Å². The van der Waals surface area contributed by atoms with Crippen LogP contribution < -0.4 is 5.32 Å². The minimum absolute atomic E-state index is 0.694. The number of piperidine rings is 3. The summed E-state index contributed by atoms with van der Waals surface area (Å²) >= 11 is 1.73. The van der Waals surface area contributed by atoms with Gasteiger partial charge in [-0.3, -0.25) is 0 Å². The van der Waals surface area contributed by atoms with Gasteiger partial charge in [0.2, 0.25) is 0 Å². The van der Waals surface area contributed by atoms with Gasteiger partial charge in [0.1, 0.15) is 0 Å². The molecule has 3 aliphatic rings. The molecular formula is C15H19N3S. The summed E-state index contributed by atoms with van der Waals surface area (Å²) in [6, 6.07) is 7.32. The highest BCUT2D eigenvalue weighted by Crippen LogP contribution is 2.27. The molecule has 0 saturated carbocycles. The summed E-state index contributed by atoms with van der Waals surface area (Å²) in [5.41, 5.74) is 4.43. The Morgan fingerprint density at radius 2 is 2.21 bits per heavy atom. The average molecular weight is 273 g/mol. The second kappa shape index (κ2) is 4.85. The Morgan fingerprint density at radius 3 is 3.00 bits per heavy atom. The van der Waals surface area contributed by atoms with Crippen LogP contribution >= 0.6 is 11.3 Å². The smallest absolute Gasteiger partial charge is 0.0812 e. The van der Waals surface area contributed by atoms with Gasteiger partial charge in [-0.1, -0.05) is 6.07 Å². The zero-order valence-corrected chi connectivity index (χ0v) is 11.8. The fourth-order valence-electron chi connectivity index (χ4n) is 3.45. The monoisotopic (exact) mass is 273 g/mol. The van der Waals surface area contributed by atoms with E-state index in [1.807, 2.05) is 5.51 Å². The first-order valence-corrected chi connectivity index (χ1v) is 8.04. The lowest BCUT2D eigenvalue weighted by atomic mass is 9.84. The van der Waals surface area contributed by atoms with Crippen molar-refractivity contribution in [3.63, 3.8) is 0 Å². The predicted molar refractivity (Wildman–Crippen MR) is 79.4 cm³/mol. The predicted octanol–water partition coefficient (Wildman–Crippen LogP) is 2.48. The minimum atomic E-state index is 0.694. The molecule has 1 unspecified atom stereocenters. The summed E-state index contributed by atoms with van der Waals surface area (Å²) in [7, 11) is 0. The Labute approximate surface area is 117 Å². The standard InChI is InChI=1S/C15H19N3S/c1-2-13-15(19-10-17-13)7-11(1)8-16-14-9-18-5-3-12(14)4-6-18/h1-2,7,10,12,14,16H,3-6,8-9H2. The fraction of sp³-hybridized carbons (Fsp3) is 0.533. The van der Waals surface area contributed by atoms with Crippen LogP contribution in [-0.4, -0.2) is 35.6 Å². The number of nitrogens with one attached hydrogen (secondary N) is 1. The third-order valence-electron chi connectivity index (χ3n) is 4.62. The lowest BCUT2D eigenvalue weighted by molar-refractivity contribution is 0.0720. The largest absolute Gasteiger partial charge is 0.308 e. The molecule has 19 heavy (non-hydrogen) atoms. The third-order valence-corrected chi connectivity index (χ3v) is 5.41. The van der Waals surface area contributed by atoms with Gasteiger partial charge >= 0.3 is 0 Å². The maximum Gasteiger partial charge on any atom is 0.0812 e. The van der Waals surface area contributed by atoms with E-state index in [-0.39, 0.29) is 0 Å². The van der Waals surface area contributed by atoms with Crippen molar-refractivity contribution in [1.29, 1.82) is 0 Å². The van der Waals surface area contributed by atoms with Crippen LogP contribution in [0, 0.1) is 5.92 Å². The molecule has 0 amide bonds. The Balaban J connectivity index is 1.44. The summed E-state index contributed by atoms with van der Waals surface area (Å²) in [6.07, 6.45) is 2.76. The van der Waals surface area contributed by atoms with Crippen LogP contribution in [0.2, 0.25) is 0 Å². The lowest BCUT2D eigenvalue weighted by Gasteiger charge is -2.45. The Bertz CT molecular complexity index is 572. The van der Waals surface area contributed by atoms with Gasteiger partial charge in [-0.05, 0) is 49.5 Å². The molecule has 1 aromatic heterocycles. The van der Waals surface area contributed by atoms with E-state index in [0.717, 1.165) is 18.0 Å². The number of aromatic nitrogens is 1. The molecule has 3 aliphatic heterocycles. The van der Waals surface area contributed by atoms with Crippen molar-refractivity contribution >= 4 is 21.6 Å². The first-order chi connectivity index (χ1) is 9.38. The molecular weight excluding hydrogens is 254 g/mol. The molecule has 4 heterocycles. The molecule has 0 radical (unpaired) electrons. The van der Waals surface area contributed by atoms with E-state index >= 15 is 0 Å². The first kappa shape index (κ1) is 11.8. The van der Waals surface area contributed by atoms with E-state index < -0.39 is 0 Å². The molecule has 100 valence electrons. The van der Waals surface area contributed by atoms with Crippen molar-refractivity contribution in [2.24, 2.45) is 5.92 Å². The number of hydrogen-bond donors (Lipinski definition) is 1. The zero-order valence-electron chi connectivity index (χ0n) is 11.0. The van der Waals surface area contributed by atoms with Crippen molar-refractivity contribution in [2.75, 3.05) is 19.6 Å². The van der Waals surface area contributed by atoms with Crippen LogP contribution in [0.25, 0.3) is 10.2 Å². The van der Waals surface area contributed by atoms with Crippen LogP contribution in [0.4, 0.5) is 0 Å². The number of thiazole rings is 1. The number of benzene rings is 1. The zero-order chi connectivity index (χ0) is 12.7. The van der Waals surface area contributed by atoms with E-state index in [0.29, 0.717) is 6.04 Å². The van der Waals surface area contributed by atoms with Crippen molar-refractivity contribution in [2.45, 2.75) is 25.4 Å². The van der Waals surface area contributed by atoms with E-state index in [4.69, 9.17) is 0 Å². The lowest BCUT2D eigenvalue weighted by Crippen LogP contribution is -2.55. The number of fused-ring (bicyclic) bond motifs is 4. The number of rotatable bonds is 3. The van der Waals surface area contributed by atoms with Gasteiger partial charge in [0.15, 0.2) is 0 Å². The number of hydrogen-bond acceptors (Lipinski definition) is 4. The van der Waals surface area contributed by atoms with Crippen LogP contribution in [0.3, 0.4) is 0 Å². The summed E-state index contributed by atoms with van der Waals surface area (Å²) in [6.45, 7) is 4.86. The van der Waals surface area contributed by atoms with Crippen LogP contribution in [0.5, 0.6) is 0 Å². The SMILES string of the molecule is c1nc2ccc(CNC3CN4CCC3CC4)cc2s1. The van der Waals surface area contributed by atoms with Crippen molar-refractivity contribution < 1.29 is 0 Å². The molecule has 1 N–H and O–H groups in total. The molecule has 3 nitrogen and oxygen atoms in total. The van der Waals surface area contributed by atoms with Crippen molar-refractivity contribution in [3.05, 3.63) is 29.3 Å². The van der Waals surface area contributed by atoms with E-state index in [1.54, 1.807) is 11.3 Å². The molecule has 2 bridgehead atoms. The molecule has 2 aromatic rings. The molecule has 4 heteroatoms. The molecule has 0 spiro atoms. The maximum atomic E-state index is 4.33. The molecule has 1 aromatic carbocycles. The minimum Gasteiger partial charge on any atom is -0.308 e. The maximum absolute atomic E-state index is 4.33.